The second-order valence-electron chi connectivity index (χ2n) is 3.39. The molecule has 1 heterocycles. The van der Waals surface area contributed by atoms with Crippen LogP contribution in [0.4, 0.5) is 0 Å². The van der Waals surface area contributed by atoms with Crippen molar-refractivity contribution in [3.05, 3.63) is 38.8 Å². The van der Waals surface area contributed by atoms with Gasteiger partial charge in [-0.1, -0.05) is 27.5 Å². The normalized spacial score (nSPS) is 18.0. The van der Waals surface area contributed by atoms with Crippen molar-refractivity contribution in [2.24, 2.45) is 0 Å². The van der Waals surface area contributed by atoms with Crippen LogP contribution in [0.25, 0.3) is 6.08 Å². The first-order valence-corrected chi connectivity index (χ1v) is 5.73. The lowest BCUT2D eigenvalue weighted by molar-refractivity contribution is -0.124. The van der Waals surface area contributed by atoms with Gasteiger partial charge in [-0.2, -0.15) is 0 Å². The second kappa shape index (κ2) is 4.39. The van der Waals surface area contributed by atoms with E-state index in [0.29, 0.717) is 10.6 Å². The molecule has 0 aliphatic carbocycles. The monoisotopic (exact) mass is 299 g/mol. The van der Waals surface area contributed by atoms with E-state index in [2.05, 4.69) is 21.2 Å². The first-order valence-electron chi connectivity index (χ1n) is 4.56. The van der Waals surface area contributed by atoms with E-state index < -0.39 is 0 Å². The first kappa shape index (κ1) is 11.4. The SMILES string of the molecule is O=C1C/C(=C\c2cc(Br)ccc2Cl)C(=O)N1. The van der Waals surface area contributed by atoms with Gasteiger partial charge in [-0.15, -0.1) is 0 Å². The fourth-order valence-electron chi connectivity index (χ4n) is 1.43. The molecule has 1 aromatic carbocycles. The van der Waals surface area contributed by atoms with Crippen molar-refractivity contribution in [3.63, 3.8) is 0 Å². The largest absolute Gasteiger partial charge is 0.292 e. The van der Waals surface area contributed by atoms with Crippen molar-refractivity contribution in [3.8, 4) is 0 Å². The molecule has 1 aliphatic heterocycles. The molecule has 0 spiro atoms. The number of rotatable bonds is 1. The molecule has 82 valence electrons. The van der Waals surface area contributed by atoms with Crippen LogP contribution >= 0.6 is 27.5 Å². The zero-order chi connectivity index (χ0) is 11.7. The van der Waals surface area contributed by atoms with Crippen molar-refractivity contribution in [2.75, 3.05) is 0 Å². The van der Waals surface area contributed by atoms with Crippen LogP contribution in [0.3, 0.4) is 0 Å². The molecule has 16 heavy (non-hydrogen) atoms. The lowest BCUT2D eigenvalue weighted by atomic mass is 10.1. The molecule has 0 unspecified atom stereocenters. The van der Waals surface area contributed by atoms with Crippen molar-refractivity contribution in [1.82, 2.24) is 5.32 Å². The molecule has 1 N–H and O–H groups in total. The fourth-order valence-corrected chi connectivity index (χ4v) is 1.98. The highest BCUT2D eigenvalue weighted by molar-refractivity contribution is 9.10. The Morgan fingerprint density at radius 1 is 1.38 bits per heavy atom. The van der Waals surface area contributed by atoms with Crippen LogP contribution in [-0.2, 0) is 9.59 Å². The zero-order valence-electron chi connectivity index (χ0n) is 8.09. The molecule has 0 radical (unpaired) electrons. The van der Waals surface area contributed by atoms with Crippen molar-refractivity contribution >= 4 is 45.4 Å². The number of imide groups is 1. The summed E-state index contributed by atoms with van der Waals surface area (Å²) in [6.07, 6.45) is 1.75. The Morgan fingerprint density at radius 2 is 2.12 bits per heavy atom. The third-order valence-corrected chi connectivity index (χ3v) is 3.02. The minimum atomic E-state index is -0.346. The minimum absolute atomic E-state index is 0.113. The van der Waals surface area contributed by atoms with Gasteiger partial charge in [0.05, 0.1) is 6.42 Å². The summed E-state index contributed by atoms with van der Waals surface area (Å²) in [5.74, 6) is -0.622. The Hall–Kier alpha value is -1.13. The topological polar surface area (TPSA) is 46.2 Å². The molecule has 1 fully saturated rings. The summed E-state index contributed by atoms with van der Waals surface area (Å²) < 4.78 is 0.869. The highest BCUT2D eigenvalue weighted by Gasteiger charge is 2.23. The van der Waals surface area contributed by atoms with Gasteiger partial charge >= 0.3 is 0 Å². The average Bonchev–Trinajstić information content (AvgIpc) is 2.51. The van der Waals surface area contributed by atoms with Crippen LogP contribution in [0, 0.1) is 0 Å². The Bertz CT molecular complexity index is 511. The predicted octanol–water partition coefficient (Wildman–Crippen LogP) is 2.53. The zero-order valence-corrected chi connectivity index (χ0v) is 10.4. The quantitative estimate of drug-likeness (QED) is 0.640. The molecule has 2 rings (SSSR count). The van der Waals surface area contributed by atoms with Crippen LogP contribution in [-0.4, -0.2) is 11.8 Å². The molecular formula is C11H7BrClNO2. The summed E-state index contributed by atoms with van der Waals surface area (Å²) in [7, 11) is 0. The lowest BCUT2D eigenvalue weighted by Gasteiger charge is -2.00. The van der Waals surface area contributed by atoms with Gasteiger partial charge in [0.2, 0.25) is 5.91 Å². The van der Waals surface area contributed by atoms with Crippen LogP contribution in [0.2, 0.25) is 5.02 Å². The van der Waals surface area contributed by atoms with Crippen molar-refractivity contribution in [1.29, 1.82) is 0 Å². The molecule has 3 nitrogen and oxygen atoms in total. The van der Waals surface area contributed by atoms with E-state index in [0.717, 1.165) is 10.0 Å². The highest BCUT2D eigenvalue weighted by atomic mass is 79.9. The van der Waals surface area contributed by atoms with E-state index in [-0.39, 0.29) is 18.2 Å². The predicted molar refractivity (Wildman–Crippen MR) is 64.9 cm³/mol. The van der Waals surface area contributed by atoms with E-state index in [1.54, 1.807) is 18.2 Å². The number of carbonyl (C=O) groups is 2. The number of amides is 2. The third-order valence-electron chi connectivity index (χ3n) is 2.18. The van der Waals surface area contributed by atoms with Gasteiger partial charge < -0.3 is 0 Å². The van der Waals surface area contributed by atoms with Crippen molar-refractivity contribution in [2.45, 2.75) is 6.42 Å². The third kappa shape index (κ3) is 2.33. The molecule has 5 heteroatoms. The Labute approximate surface area is 106 Å². The standard InChI is InChI=1S/C11H7BrClNO2/c12-8-1-2-9(13)6(4-8)3-7-5-10(15)14-11(7)16/h1-4H,5H2,(H,14,15,16)/b7-3+. The van der Waals surface area contributed by atoms with E-state index in [4.69, 9.17) is 11.6 Å². The van der Waals surface area contributed by atoms with E-state index in [9.17, 15) is 9.59 Å². The molecule has 0 atom stereocenters. The molecule has 0 saturated carbocycles. The summed E-state index contributed by atoms with van der Waals surface area (Å²) in [6.45, 7) is 0. The van der Waals surface area contributed by atoms with E-state index in [1.165, 1.54) is 0 Å². The summed E-state index contributed by atoms with van der Waals surface area (Å²) in [4.78, 5) is 22.3. The smallest absolute Gasteiger partial charge is 0.254 e. The number of hydrogen-bond acceptors (Lipinski definition) is 2. The van der Waals surface area contributed by atoms with Crippen LogP contribution in [0.15, 0.2) is 28.2 Å². The number of benzene rings is 1. The molecule has 0 bridgehead atoms. The fraction of sp³-hybridized carbons (Fsp3) is 0.0909. The van der Waals surface area contributed by atoms with Crippen LogP contribution in [0.1, 0.15) is 12.0 Å². The summed E-state index contributed by atoms with van der Waals surface area (Å²) >= 11 is 9.29. The van der Waals surface area contributed by atoms with Gasteiger partial charge in [-0.25, -0.2) is 0 Å². The number of carbonyl (C=O) groups excluding carboxylic acids is 2. The van der Waals surface area contributed by atoms with Gasteiger partial charge in [0, 0.05) is 15.1 Å². The maximum atomic E-state index is 11.3. The number of hydrogen-bond donors (Lipinski definition) is 1. The molecular weight excluding hydrogens is 293 g/mol. The minimum Gasteiger partial charge on any atom is -0.292 e. The maximum Gasteiger partial charge on any atom is 0.254 e. The second-order valence-corrected chi connectivity index (χ2v) is 4.71. The molecule has 1 saturated heterocycles. The van der Waals surface area contributed by atoms with E-state index >= 15 is 0 Å². The van der Waals surface area contributed by atoms with Gasteiger partial charge in [0.15, 0.2) is 0 Å². The molecule has 0 aromatic heterocycles. The molecule has 2 amide bonds. The Balaban J connectivity index is 2.39. The number of halogens is 2. The molecule has 1 aromatic rings. The van der Waals surface area contributed by atoms with Crippen LogP contribution < -0.4 is 5.32 Å². The van der Waals surface area contributed by atoms with Gasteiger partial charge in [0.25, 0.3) is 5.91 Å². The van der Waals surface area contributed by atoms with Gasteiger partial charge in [-0.05, 0) is 29.8 Å². The van der Waals surface area contributed by atoms with Crippen molar-refractivity contribution < 1.29 is 9.59 Å². The van der Waals surface area contributed by atoms with Gasteiger partial charge in [0.1, 0.15) is 0 Å². The Morgan fingerprint density at radius 3 is 2.75 bits per heavy atom. The van der Waals surface area contributed by atoms with E-state index in [1.807, 2.05) is 6.07 Å². The van der Waals surface area contributed by atoms with Crippen LogP contribution in [0.5, 0.6) is 0 Å². The Kier molecular flexibility index (Phi) is 3.12. The summed E-state index contributed by atoms with van der Waals surface area (Å²) in [5, 5.41) is 2.76. The molecule has 1 aliphatic rings. The first-order chi connectivity index (χ1) is 7.56. The summed E-state index contributed by atoms with van der Waals surface area (Å²) in [5.41, 5.74) is 1.15. The average molecular weight is 301 g/mol. The highest BCUT2D eigenvalue weighted by Crippen LogP contribution is 2.24. The van der Waals surface area contributed by atoms with Gasteiger partial charge in [-0.3, -0.25) is 14.9 Å². The summed E-state index contributed by atoms with van der Waals surface area (Å²) in [6, 6.07) is 5.34. The maximum absolute atomic E-state index is 11.3. The number of nitrogens with one attached hydrogen (secondary N) is 1. The lowest BCUT2D eigenvalue weighted by Crippen LogP contribution is -2.19.